The predicted octanol–water partition coefficient (Wildman–Crippen LogP) is 6.28. The zero-order chi connectivity index (χ0) is 16.8. The van der Waals surface area contributed by atoms with E-state index in [0.717, 1.165) is 12.8 Å². The Balaban J connectivity index is 1.95. The van der Waals surface area contributed by atoms with Gasteiger partial charge in [0.15, 0.2) is 0 Å². The molecule has 0 amide bonds. The van der Waals surface area contributed by atoms with Crippen LogP contribution in [0.4, 0.5) is 0 Å². The summed E-state index contributed by atoms with van der Waals surface area (Å²) in [5.41, 5.74) is 14.8. The van der Waals surface area contributed by atoms with Gasteiger partial charge in [0.2, 0.25) is 0 Å². The van der Waals surface area contributed by atoms with Crippen molar-refractivity contribution in [2.75, 3.05) is 0 Å². The quantitative estimate of drug-likeness (QED) is 0.581. The van der Waals surface area contributed by atoms with Crippen molar-refractivity contribution in [3.8, 4) is 0 Å². The van der Waals surface area contributed by atoms with Gasteiger partial charge in [-0.15, -0.1) is 0 Å². The third-order valence-electron chi connectivity index (χ3n) is 5.83. The summed E-state index contributed by atoms with van der Waals surface area (Å²) in [6.07, 6.45) is 9.64. The first-order chi connectivity index (χ1) is 11.6. The van der Waals surface area contributed by atoms with E-state index in [2.05, 4.69) is 64.1 Å². The van der Waals surface area contributed by atoms with Crippen LogP contribution in [0.2, 0.25) is 0 Å². The normalized spacial score (nSPS) is 16.2. The highest BCUT2D eigenvalue weighted by molar-refractivity contribution is 6.08. The van der Waals surface area contributed by atoms with E-state index in [9.17, 15) is 0 Å². The van der Waals surface area contributed by atoms with Crippen LogP contribution in [0.15, 0.2) is 36.4 Å². The molecule has 0 fully saturated rings. The highest BCUT2D eigenvalue weighted by atomic mass is 14.3. The SMILES string of the molecule is Cc1ccc(C)c2c1CCC=C2C1=CCCc2c(C)ccc(C)c21. The van der Waals surface area contributed by atoms with Crippen LogP contribution >= 0.6 is 0 Å². The molecule has 4 rings (SSSR count). The molecule has 0 radical (unpaired) electrons. The number of fused-ring (bicyclic) bond motifs is 2. The summed E-state index contributed by atoms with van der Waals surface area (Å²) >= 11 is 0. The number of benzene rings is 2. The van der Waals surface area contributed by atoms with E-state index < -0.39 is 0 Å². The van der Waals surface area contributed by atoms with E-state index in [1.54, 1.807) is 11.1 Å². The highest BCUT2D eigenvalue weighted by Crippen LogP contribution is 2.44. The lowest BCUT2D eigenvalue weighted by atomic mass is 9.76. The van der Waals surface area contributed by atoms with Gasteiger partial charge in [0.05, 0.1) is 0 Å². The standard InChI is InChI=1S/C24H26/c1-15-11-13-17(3)23-19(15)7-5-9-21(23)22-10-6-8-20-16(2)12-14-18(4)24(20)22/h9-14H,5-8H2,1-4H3. The smallest absolute Gasteiger partial charge is 0.0117 e. The van der Waals surface area contributed by atoms with Crippen molar-refractivity contribution in [3.63, 3.8) is 0 Å². The van der Waals surface area contributed by atoms with Crippen LogP contribution in [-0.4, -0.2) is 0 Å². The fourth-order valence-corrected chi connectivity index (χ4v) is 4.55. The van der Waals surface area contributed by atoms with E-state index in [-0.39, 0.29) is 0 Å². The summed E-state index contributed by atoms with van der Waals surface area (Å²) in [7, 11) is 0. The van der Waals surface area contributed by atoms with Crippen LogP contribution in [0.1, 0.15) is 57.3 Å². The van der Waals surface area contributed by atoms with Gasteiger partial charge in [-0.2, -0.15) is 0 Å². The van der Waals surface area contributed by atoms with Crippen molar-refractivity contribution in [1.29, 1.82) is 0 Å². The second-order valence-corrected chi connectivity index (χ2v) is 7.42. The van der Waals surface area contributed by atoms with Crippen LogP contribution in [0.5, 0.6) is 0 Å². The van der Waals surface area contributed by atoms with Gasteiger partial charge in [-0.3, -0.25) is 0 Å². The van der Waals surface area contributed by atoms with Crippen molar-refractivity contribution in [2.24, 2.45) is 0 Å². The van der Waals surface area contributed by atoms with Crippen LogP contribution in [-0.2, 0) is 12.8 Å². The monoisotopic (exact) mass is 314 g/mol. The van der Waals surface area contributed by atoms with Crippen LogP contribution in [0, 0.1) is 27.7 Å². The predicted molar refractivity (Wildman–Crippen MR) is 104 cm³/mol. The van der Waals surface area contributed by atoms with E-state index in [0.29, 0.717) is 0 Å². The summed E-state index contributed by atoms with van der Waals surface area (Å²) in [5, 5.41) is 0. The summed E-state index contributed by atoms with van der Waals surface area (Å²) in [6.45, 7) is 9.06. The molecule has 0 nitrogen and oxygen atoms in total. The third-order valence-corrected chi connectivity index (χ3v) is 5.83. The molecule has 122 valence electrons. The number of hydrogen-bond donors (Lipinski definition) is 0. The van der Waals surface area contributed by atoms with E-state index in [1.807, 2.05) is 0 Å². The van der Waals surface area contributed by atoms with Crippen molar-refractivity contribution >= 4 is 11.1 Å². The molecule has 2 aromatic carbocycles. The zero-order valence-electron chi connectivity index (χ0n) is 15.3. The first-order valence-corrected chi connectivity index (χ1v) is 9.17. The maximum Gasteiger partial charge on any atom is -0.0117 e. The molecule has 0 bridgehead atoms. The van der Waals surface area contributed by atoms with Gasteiger partial charge in [-0.05, 0) is 109 Å². The molecule has 0 heterocycles. The number of hydrogen-bond acceptors (Lipinski definition) is 0. The minimum atomic E-state index is 1.16. The number of rotatable bonds is 1. The van der Waals surface area contributed by atoms with Gasteiger partial charge in [0.1, 0.15) is 0 Å². The Morgan fingerprint density at radius 2 is 0.917 bits per heavy atom. The summed E-state index contributed by atoms with van der Waals surface area (Å²) in [5.74, 6) is 0. The van der Waals surface area contributed by atoms with Crippen LogP contribution < -0.4 is 0 Å². The largest absolute Gasteiger partial charge is 0.0757 e. The molecule has 2 aliphatic carbocycles. The Bertz CT molecular complexity index is 815. The maximum atomic E-state index is 2.48. The van der Waals surface area contributed by atoms with Gasteiger partial charge in [-0.25, -0.2) is 0 Å². The van der Waals surface area contributed by atoms with E-state index in [4.69, 9.17) is 0 Å². The fraction of sp³-hybridized carbons (Fsp3) is 0.333. The molecule has 0 aliphatic heterocycles. The second-order valence-electron chi connectivity index (χ2n) is 7.42. The third kappa shape index (κ3) is 2.28. The van der Waals surface area contributed by atoms with E-state index >= 15 is 0 Å². The molecule has 0 N–H and O–H groups in total. The zero-order valence-corrected chi connectivity index (χ0v) is 15.3. The molecule has 0 atom stereocenters. The molecule has 0 heteroatoms. The average molecular weight is 314 g/mol. The summed E-state index contributed by atoms with van der Waals surface area (Å²) in [4.78, 5) is 0. The summed E-state index contributed by atoms with van der Waals surface area (Å²) < 4.78 is 0. The Hall–Kier alpha value is -2.08. The Kier molecular flexibility index (Phi) is 3.72. The molecule has 2 aliphatic rings. The molecule has 0 spiro atoms. The molecular formula is C24H26. The average Bonchev–Trinajstić information content (AvgIpc) is 2.60. The molecule has 0 aromatic heterocycles. The van der Waals surface area contributed by atoms with Crippen molar-refractivity contribution in [3.05, 3.63) is 80.9 Å². The topological polar surface area (TPSA) is 0 Å². The maximum absolute atomic E-state index is 2.48. The lowest BCUT2D eigenvalue weighted by Crippen LogP contribution is -2.10. The molecule has 0 saturated heterocycles. The molecule has 0 saturated carbocycles. The van der Waals surface area contributed by atoms with Gasteiger partial charge < -0.3 is 0 Å². The summed E-state index contributed by atoms with van der Waals surface area (Å²) in [6, 6.07) is 9.16. The first-order valence-electron chi connectivity index (χ1n) is 9.17. The minimum Gasteiger partial charge on any atom is -0.0757 e. The fourth-order valence-electron chi connectivity index (χ4n) is 4.55. The van der Waals surface area contributed by atoms with Crippen LogP contribution in [0.25, 0.3) is 11.1 Å². The Morgan fingerprint density at radius 3 is 1.33 bits per heavy atom. The van der Waals surface area contributed by atoms with Gasteiger partial charge in [-0.1, -0.05) is 36.4 Å². The lowest BCUT2D eigenvalue weighted by Gasteiger charge is -2.28. The van der Waals surface area contributed by atoms with E-state index in [1.165, 1.54) is 57.4 Å². The van der Waals surface area contributed by atoms with Crippen LogP contribution in [0.3, 0.4) is 0 Å². The van der Waals surface area contributed by atoms with Crippen molar-refractivity contribution in [1.82, 2.24) is 0 Å². The number of allylic oxidation sites excluding steroid dienone is 4. The number of aryl methyl sites for hydroxylation is 4. The van der Waals surface area contributed by atoms with Gasteiger partial charge >= 0.3 is 0 Å². The van der Waals surface area contributed by atoms with Gasteiger partial charge in [0, 0.05) is 0 Å². The van der Waals surface area contributed by atoms with Gasteiger partial charge in [0.25, 0.3) is 0 Å². The molecule has 24 heavy (non-hydrogen) atoms. The second kappa shape index (κ2) is 5.77. The molecule has 2 aromatic rings. The molecule has 0 unspecified atom stereocenters. The first kappa shape index (κ1) is 15.4. The van der Waals surface area contributed by atoms with Crippen molar-refractivity contribution in [2.45, 2.75) is 53.4 Å². The molecular weight excluding hydrogens is 288 g/mol. The highest BCUT2D eigenvalue weighted by Gasteiger charge is 2.24. The Labute approximate surface area is 145 Å². The van der Waals surface area contributed by atoms with Crippen molar-refractivity contribution < 1.29 is 0 Å². The lowest BCUT2D eigenvalue weighted by molar-refractivity contribution is 0.947. The Morgan fingerprint density at radius 1 is 0.542 bits per heavy atom. The minimum absolute atomic E-state index is 1.16.